The number of carbonyl (C=O) groups excluding carboxylic acids is 1. The molecule has 3 aromatic rings. The molecule has 6 nitrogen and oxygen atoms in total. The van der Waals surface area contributed by atoms with Crippen molar-refractivity contribution in [3.05, 3.63) is 71.9 Å². The lowest BCUT2D eigenvalue weighted by Gasteiger charge is -2.18. The third-order valence-electron chi connectivity index (χ3n) is 5.02. The lowest BCUT2D eigenvalue weighted by Crippen LogP contribution is -2.17. The number of aromatic nitrogens is 1. The van der Waals surface area contributed by atoms with Crippen molar-refractivity contribution < 1.29 is 36.9 Å². The molecule has 0 N–H and O–H groups in total. The van der Waals surface area contributed by atoms with Crippen molar-refractivity contribution in [2.24, 2.45) is 0 Å². The number of carbonyl (C=O) groups is 1. The number of pyridine rings is 1. The quantitative estimate of drug-likeness (QED) is 0.181. The van der Waals surface area contributed by atoms with Gasteiger partial charge in [0.05, 0.1) is 24.5 Å². The van der Waals surface area contributed by atoms with Crippen LogP contribution in [0.25, 0.3) is 0 Å². The number of nitrogens with zero attached hydrogens (tertiary/aromatic N) is 1. The summed E-state index contributed by atoms with van der Waals surface area (Å²) < 4.78 is 61.9. The molecule has 2 aromatic carbocycles. The van der Waals surface area contributed by atoms with Crippen LogP contribution >= 0.6 is 11.8 Å². The number of para-hydroxylation sites is 1. The maximum absolute atomic E-state index is 13.2. The smallest absolute Gasteiger partial charge is 0.418 e. The van der Waals surface area contributed by atoms with Gasteiger partial charge in [0.25, 0.3) is 5.88 Å². The van der Waals surface area contributed by atoms with Crippen LogP contribution in [0.2, 0.25) is 0 Å². The number of benzene rings is 2. The number of rotatable bonds is 12. The standard InChI is InChI=1S/C27H28F3NO5S/c1-4-33-25(32)17-37-24-11-10-22(14-18(24)2)34-13-12-19(3)35-26-23(36-21-8-6-5-7-9-21)15-20(16-31-26)27(28,29)30/h5-11,14-16,19H,4,12-13,17H2,1-3H3/t19-/m0/s1. The molecule has 0 amide bonds. The van der Waals surface area contributed by atoms with Crippen molar-refractivity contribution in [3.8, 4) is 23.1 Å². The molecule has 0 fully saturated rings. The first-order valence-corrected chi connectivity index (χ1v) is 12.6. The molecule has 3 rings (SSSR count). The molecule has 1 aromatic heterocycles. The van der Waals surface area contributed by atoms with Crippen molar-refractivity contribution in [2.45, 2.75) is 44.4 Å². The highest BCUT2D eigenvalue weighted by atomic mass is 32.2. The minimum Gasteiger partial charge on any atom is -0.493 e. The number of thioether (sulfide) groups is 1. The summed E-state index contributed by atoms with van der Waals surface area (Å²) >= 11 is 1.40. The number of esters is 1. The van der Waals surface area contributed by atoms with Crippen molar-refractivity contribution in [2.75, 3.05) is 19.0 Å². The van der Waals surface area contributed by atoms with Gasteiger partial charge in [-0.2, -0.15) is 13.2 Å². The fraction of sp³-hybridized carbons (Fsp3) is 0.333. The zero-order chi connectivity index (χ0) is 26.8. The van der Waals surface area contributed by atoms with E-state index in [9.17, 15) is 18.0 Å². The predicted molar refractivity (Wildman–Crippen MR) is 134 cm³/mol. The van der Waals surface area contributed by atoms with Crippen LogP contribution in [0.3, 0.4) is 0 Å². The Labute approximate surface area is 218 Å². The van der Waals surface area contributed by atoms with Crippen LogP contribution in [-0.2, 0) is 15.7 Å². The van der Waals surface area contributed by atoms with Gasteiger partial charge in [0.2, 0.25) is 0 Å². The van der Waals surface area contributed by atoms with Gasteiger partial charge in [-0.3, -0.25) is 4.79 Å². The number of alkyl halides is 3. The topological polar surface area (TPSA) is 66.9 Å². The highest BCUT2D eigenvalue weighted by Crippen LogP contribution is 2.37. The molecule has 1 heterocycles. The molecule has 0 aliphatic carbocycles. The van der Waals surface area contributed by atoms with E-state index < -0.39 is 17.8 Å². The second-order valence-electron chi connectivity index (χ2n) is 8.03. The van der Waals surface area contributed by atoms with Gasteiger partial charge in [0.15, 0.2) is 5.75 Å². The molecule has 0 spiro atoms. The van der Waals surface area contributed by atoms with Gasteiger partial charge >= 0.3 is 12.1 Å². The van der Waals surface area contributed by atoms with Gasteiger partial charge in [-0.1, -0.05) is 18.2 Å². The Morgan fingerprint density at radius 2 is 1.84 bits per heavy atom. The zero-order valence-corrected chi connectivity index (χ0v) is 21.5. The third kappa shape index (κ3) is 8.89. The fourth-order valence-corrected chi connectivity index (χ4v) is 3.98. The van der Waals surface area contributed by atoms with Gasteiger partial charge in [0.1, 0.15) is 17.6 Å². The van der Waals surface area contributed by atoms with Crippen LogP contribution in [0.5, 0.6) is 23.1 Å². The Morgan fingerprint density at radius 3 is 2.51 bits per heavy atom. The molecule has 0 saturated carbocycles. The second kappa shape index (κ2) is 13.2. The molecule has 0 aliphatic heterocycles. The maximum Gasteiger partial charge on any atom is 0.418 e. The summed E-state index contributed by atoms with van der Waals surface area (Å²) in [7, 11) is 0. The minimum absolute atomic E-state index is 0.0387. The van der Waals surface area contributed by atoms with Gasteiger partial charge in [0, 0.05) is 23.6 Å². The van der Waals surface area contributed by atoms with Crippen molar-refractivity contribution >= 4 is 17.7 Å². The summed E-state index contributed by atoms with van der Waals surface area (Å²) in [5.74, 6) is 0.830. The van der Waals surface area contributed by atoms with E-state index >= 15 is 0 Å². The molecule has 0 unspecified atom stereocenters. The first-order valence-electron chi connectivity index (χ1n) is 11.6. The normalized spacial score (nSPS) is 12.1. The van der Waals surface area contributed by atoms with Crippen LogP contribution in [0.1, 0.15) is 31.4 Å². The molecule has 37 heavy (non-hydrogen) atoms. The summed E-state index contributed by atoms with van der Waals surface area (Å²) in [6, 6.07) is 14.9. The fourth-order valence-electron chi connectivity index (χ4n) is 3.17. The Morgan fingerprint density at radius 1 is 1.08 bits per heavy atom. The largest absolute Gasteiger partial charge is 0.493 e. The molecule has 0 radical (unpaired) electrons. The van der Waals surface area contributed by atoms with Crippen molar-refractivity contribution in [1.29, 1.82) is 0 Å². The molecule has 0 aliphatic rings. The summed E-state index contributed by atoms with van der Waals surface area (Å²) in [4.78, 5) is 16.4. The summed E-state index contributed by atoms with van der Waals surface area (Å²) in [5, 5.41) is 0. The Bertz CT molecular complexity index is 1170. The highest BCUT2D eigenvalue weighted by Gasteiger charge is 2.32. The van der Waals surface area contributed by atoms with E-state index in [4.69, 9.17) is 18.9 Å². The first kappa shape index (κ1) is 28.2. The van der Waals surface area contributed by atoms with E-state index in [0.717, 1.165) is 22.7 Å². The summed E-state index contributed by atoms with van der Waals surface area (Å²) in [6.45, 7) is 6.13. The first-order chi connectivity index (χ1) is 17.7. The lowest BCUT2D eigenvalue weighted by atomic mass is 10.2. The Kier molecular flexibility index (Phi) is 10.1. The maximum atomic E-state index is 13.2. The molecule has 198 valence electrons. The van der Waals surface area contributed by atoms with Crippen LogP contribution in [0, 0.1) is 6.92 Å². The Hall–Kier alpha value is -3.40. The zero-order valence-electron chi connectivity index (χ0n) is 20.7. The van der Waals surface area contributed by atoms with Crippen molar-refractivity contribution in [3.63, 3.8) is 0 Å². The average Bonchev–Trinajstić information content (AvgIpc) is 2.85. The van der Waals surface area contributed by atoms with Crippen LogP contribution in [0.15, 0.2) is 65.7 Å². The van der Waals surface area contributed by atoms with Crippen LogP contribution in [-0.4, -0.2) is 36.0 Å². The van der Waals surface area contributed by atoms with Gasteiger partial charge < -0.3 is 18.9 Å². The minimum atomic E-state index is -4.56. The van der Waals surface area contributed by atoms with E-state index in [2.05, 4.69) is 4.98 Å². The lowest BCUT2D eigenvalue weighted by molar-refractivity contribution is -0.140. The third-order valence-corrected chi connectivity index (χ3v) is 6.17. The molecule has 1 atom stereocenters. The van der Waals surface area contributed by atoms with E-state index in [1.54, 1.807) is 44.2 Å². The van der Waals surface area contributed by atoms with Crippen LogP contribution < -0.4 is 14.2 Å². The Balaban J connectivity index is 1.58. The number of ether oxygens (including phenoxy) is 4. The number of halogens is 3. The van der Waals surface area contributed by atoms with Gasteiger partial charge in [-0.25, -0.2) is 4.98 Å². The summed E-state index contributed by atoms with van der Waals surface area (Å²) in [6.07, 6.45) is -3.81. The van der Waals surface area contributed by atoms with E-state index in [0.29, 0.717) is 31.1 Å². The van der Waals surface area contributed by atoms with E-state index in [1.165, 1.54) is 11.8 Å². The predicted octanol–water partition coefficient (Wildman–Crippen LogP) is 7.09. The number of aryl methyl sites for hydroxylation is 1. The molecule has 0 saturated heterocycles. The van der Waals surface area contributed by atoms with Gasteiger partial charge in [-0.05, 0) is 56.7 Å². The number of hydrogen-bond acceptors (Lipinski definition) is 7. The number of hydrogen-bond donors (Lipinski definition) is 0. The van der Waals surface area contributed by atoms with Crippen LogP contribution in [0.4, 0.5) is 13.2 Å². The molecular weight excluding hydrogens is 507 g/mol. The SMILES string of the molecule is CCOC(=O)CSc1ccc(OCC[C@H](C)Oc2ncc(C(F)(F)F)cc2Oc2ccccc2)cc1C. The molecular formula is C27H28F3NO5S. The monoisotopic (exact) mass is 535 g/mol. The molecule has 10 heteroatoms. The molecule has 0 bridgehead atoms. The highest BCUT2D eigenvalue weighted by molar-refractivity contribution is 8.00. The van der Waals surface area contributed by atoms with Gasteiger partial charge in [-0.15, -0.1) is 11.8 Å². The summed E-state index contributed by atoms with van der Waals surface area (Å²) in [5.41, 5.74) is 0.0359. The van der Waals surface area contributed by atoms with Crippen molar-refractivity contribution in [1.82, 2.24) is 4.98 Å². The average molecular weight is 536 g/mol. The second-order valence-corrected chi connectivity index (χ2v) is 9.04. The van der Waals surface area contributed by atoms with E-state index in [-0.39, 0.29) is 23.4 Å². The van der Waals surface area contributed by atoms with E-state index in [1.807, 2.05) is 25.1 Å².